The number of fused-ring (bicyclic) bond motifs is 1. The van der Waals surface area contributed by atoms with E-state index in [1.807, 2.05) is 24.3 Å². The molecule has 0 fully saturated rings. The molecule has 1 atom stereocenters. The van der Waals surface area contributed by atoms with Crippen LogP contribution in [0.5, 0.6) is 0 Å². The Morgan fingerprint density at radius 1 is 1.20 bits per heavy atom. The van der Waals surface area contributed by atoms with Gasteiger partial charge in [-0.1, -0.05) is 41.9 Å². The highest BCUT2D eigenvalue weighted by Gasteiger charge is 2.27. The first-order valence-electron chi connectivity index (χ1n) is 6.79. The molecule has 2 aromatic rings. The van der Waals surface area contributed by atoms with E-state index >= 15 is 0 Å². The van der Waals surface area contributed by atoms with Gasteiger partial charge in [0.05, 0.1) is 11.6 Å². The second kappa shape index (κ2) is 5.29. The van der Waals surface area contributed by atoms with Gasteiger partial charge in [-0.25, -0.2) is 0 Å². The lowest BCUT2D eigenvalue weighted by Crippen LogP contribution is -2.34. The van der Waals surface area contributed by atoms with Crippen LogP contribution >= 0.6 is 11.6 Å². The number of carbonyl (C=O) groups is 1. The molecule has 0 bridgehead atoms. The quantitative estimate of drug-likeness (QED) is 0.795. The summed E-state index contributed by atoms with van der Waals surface area (Å²) in [6.45, 7) is 2.53. The smallest absolute Gasteiger partial charge is 0.183 e. The molecule has 0 N–H and O–H groups in total. The van der Waals surface area contributed by atoms with E-state index in [-0.39, 0.29) is 5.78 Å². The number of halogens is 1. The van der Waals surface area contributed by atoms with Gasteiger partial charge in [-0.2, -0.15) is 0 Å². The maximum Gasteiger partial charge on any atom is 0.183 e. The monoisotopic (exact) mass is 285 g/mol. The fourth-order valence-electron chi connectivity index (χ4n) is 2.80. The first kappa shape index (κ1) is 13.2. The number of nitrogens with zero attached hydrogens (tertiary/aromatic N) is 1. The average Bonchev–Trinajstić information content (AvgIpc) is 2.76. The SMILES string of the molecule is CC1Cc2ccccc2N1CC(=O)c1ccccc1Cl. The highest BCUT2D eigenvalue weighted by Crippen LogP contribution is 2.32. The van der Waals surface area contributed by atoms with Gasteiger partial charge in [0.25, 0.3) is 0 Å². The van der Waals surface area contributed by atoms with Gasteiger partial charge in [-0.05, 0) is 37.1 Å². The van der Waals surface area contributed by atoms with Crippen molar-refractivity contribution in [2.24, 2.45) is 0 Å². The van der Waals surface area contributed by atoms with Crippen molar-refractivity contribution < 1.29 is 4.79 Å². The summed E-state index contributed by atoms with van der Waals surface area (Å²) in [5.41, 5.74) is 3.08. The Hall–Kier alpha value is -1.80. The minimum Gasteiger partial charge on any atom is -0.361 e. The van der Waals surface area contributed by atoms with Crippen molar-refractivity contribution >= 4 is 23.1 Å². The van der Waals surface area contributed by atoms with E-state index in [1.165, 1.54) is 11.3 Å². The van der Waals surface area contributed by atoms with Gasteiger partial charge in [-0.15, -0.1) is 0 Å². The van der Waals surface area contributed by atoms with Crippen LogP contribution in [0.3, 0.4) is 0 Å². The standard InChI is InChI=1S/C17H16ClNO/c1-12-10-13-6-2-5-9-16(13)19(12)11-17(20)14-7-3-4-8-15(14)18/h2-9,12H,10-11H2,1H3. The second-order valence-corrected chi connectivity index (χ2v) is 5.62. The predicted molar refractivity (Wildman–Crippen MR) is 82.7 cm³/mol. The van der Waals surface area contributed by atoms with Crippen LogP contribution in [0.25, 0.3) is 0 Å². The molecule has 1 heterocycles. The Balaban J connectivity index is 1.85. The van der Waals surface area contributed by atoms with Crippen molar-refractivity contribution in [2.45, 2.75) is 19.4 Å². The minimum absolute atomic E-state index is 0.0687. The third kappa shape index (κ3) is 2.32. The normalized spacial score (nSPS) is 17.1. The van der Waals surface area contributed by atoms with Gasteiger partial charge in [-0.3, -0.25) is 4.79 Å². The number of anilines is 1. The maximum atomic E-state index is 12.5. The van der Waals surface area contributed by atoms with Gasteiger partial charge in [0.1, 0.15) is 0 Å². The van der Waals surface area contributed by atoms with Crippen LogP contribution in [0.2, 0.25) is 5.02 Å². The van der Waals surface area contributed by atoms with E-state index < -0.39 is 0 Å². The van der Waals surface area contributed by atoms with E-state index in [2.05, 4.69) is 24.0 Å². The van der Waals surface area contributed by atoms with E-state index in [0.717, 1.165) is 6.42 Å². The van der Waals surface area contributed by atoms with Gasteiger partial charge >= 0.3 is 0 Å². The van der Waals surface area contributed by atoms with E-state index in [0.29, 0.717) is 23.2 Å². The molecule has 3 heteroatoms. The summed E-state index contributed by atoms with van der Waals surface area (Å²) < 4.78 is 0. The molecule has 1 aliphatic heterocycles. The minimum atomic E-state index is 0.0687. The molecule has 1 aliphatic rings. The number of para-hydroxylation sites is 1. The number of hydrogen-bond acceptors (Lipinski definition) is 2. The summed E-state index contributed by atoms with van der Waals surface area (Å²) in [7, 11) is 0. The van der Waals surface area contributed by atoms with Crippen LogP contribution in [0, 0.1) is 0 Å². The number of carbonyl (C=O) groups excluding carboxylic acids is 1. The van der Waals surface area contributed by atoms with Crippen molar-refractivity contribution in [1.82, 2.24) is 0 Å². The van der Waals surface area contributed by atoms with Gasteiger partial charge in [0, 0.05) is 17.3 Å². The van der Waals surface area contributed by atoms with Crippen molar-refractivity contribution in [3.63, 3.8) is 0 Å². The lowest BCUT2D eigenvalue weighted by Gasteiger charge is -2.24. The molecule has 2 aromatic carbocycles. The number of hydrogen-bond donors (Lipinski definition) is 0. The molecule has 0 spiro atoms. The third-order valence-corrected chi connectivity index (χ3v) is 4.17. The highest BCUT2D eigenvalue weighted by atomic mass is 35.5. The lowest BCUT2D eigenvalue weighted by atomic mass is 10.1. The Morgan fingerprint density at radius 2 is 1.90 bits per heavy atom. The first-order chi connectivity index (χ1) is 9.66. The zero-order valence-corrected chi connectivity index (χ0v) is 12.1. The number of benzene rings is 2. The molecule has 0 saturated carbocycles. The molecule has 1 unspecified atom stereocenters. The molecular weight excluding hydrogens is 270 g/mol. The van der Waals surface area contributed by atoms with Gasteiger partial charge < -0.3 is 4.90 Å². The Kier molecular flexibility index (Phi) is 3.49. The highest BCUT2D eigenvalue weighted by molar-refractivity contribution is 6.34. The van der Waals surface area contributed by atoms with Crippen LogP contribution in [0.1, 0.15) is 22.8 Å². The van der Waals surface area contributed by atoms with E-state index in [9.17, 15) is 4.79 Å². The van der Waals surface area contributed by atoms with Crippen molar-refractivity contribution in [3.8, 4) is 0 Å². The van der Waals surface area contributed by atoms with Gasteiger partial charge in [0.15, 0.2) is 5.78 Å². The summed E-state index contributed by atoms with van der Waals surface area (Å²) in [6.07, 6.45) is 0.992. The largest absolute Gasteiger partial charge is 0.361 e. The molecule has 0 amide bonds. The maximum absolute atomic E-state index is 12.5. The van der Waals surface area contributed by atoms with Crippen LogP contribution in [-0.4, -0.2) is 18.4 Å². The number of rotatable bonds is 3. The third-order valence-electron chi connectivity index (χ3n) is 3.84. The molecule has 0 saturated heterocycles. The Morgan fingerprint density at radius 3 is 2.70 bits per heavy atom. The lowest BCUT2D eigenvalue weighted by molar-refractivity contribution is 0.0998. The summed E-state index contributed by atoms with van der Waals surface area (Å²) in [5.74, 6) is 0.0687. The van der Waals surface area contributed by atoms with Gasteiger partial charge in [0.2, 0.25) is 0 Å². The number of ketones is 1. The van der Waals surface area contributed by atoms with Crippen molar-refractivity contribution in [2.75, 3.05) is 11.4 Å². The Bertz CT molecular complexity index is 653. The molecule has 0 radical (unpaired) electrons. The summed E-state index contributed by atoms with van der Waals surface area (Å²) in [4.78, 5) is 14.6. The Labute approximate surface area is 124 Å². The predicted octanol–water partition coefficient (Wildman–Crippen LogP) is 3.97. The molecule has 0 aliphatic carbocycles. The van der Waals surface area contributed by atoms with Crippen LogP contribution < -0.4 is 4.90 Å². The van der Waals surface area contributed by atoms with E-state index in [4.69, 9.17) is 11.6 Å². The fourth-order valence-corrected chi connectivity index (χ4v) is 3.04. The molecule has 2 nitrogen and oxygen atoms in total. The summed E-state index contributed by atoms with van der Waals surface area (Å²) in [6, 6.07) is 15.9. The van der Waals surface area contributed by atoms with Crippen LogP contribution in [0.15, 0.2) is 48.5 Å². The molecule has 20 heavy (non-hydrogen) atoms. The summed E-state index contributed by atoms with van der Waals surface area (Å²) >= 11 is 6.10. The molecule has 0 aromatic heterocycles. The van der Waals surface area contributed by atoms with E-state index in [1.54, 1.807) is 12.1 Å². The number of Topliss-reactive ketones (excluding diaryl/α,β-unsaturated/α-hetero) is 1. The zero-order valence-electron chi connectivity index (χ0n) is 11.3. The fraction of sp³-hybridized carbons (Fsp3) is 0.235. The first-order valence-corrected chi connectivity index (χ1v) is 7.17. The second-order valence-electron chi connectivity index (χ2n) is 5.21. The topological polar surface area (TPSA) is 20.3 Å². The molecule has 102 valence electrons. The summed E-state index contributed by atoms with van der Waals surface area (Å²) in [5, 5.41) is 0.526. The average molecular weight is 286 g/mol. The van der Waals surface area contributed by atoms with Crippen LogP contribution in [0.4, 0.5) is 5.69 Å². The molecule has 3 rings (SSSR count). The molecular formula is C17H16ClNO. The van der Waals surface area contributed by atoms with Crippen molar-refractivity contribution in [3.05, 3.63) is 64.7 Å². The van der Waals surface area contributed by atoms with Crippen molar-refractivity contribution in [1.29, 1.82) is 0 Å². The zero-order chi connectivity index (χ0) is 14.1. The van der Waals surface area contributed by atoms with Crippen LogP contribution in [-0.2, 0) is 6.42 Å².